The molecular formula is C27H29N3O4. The fraction of sp³-hybridized carbons (Fsp3) is 0.296. The summed E-state index contributed by atoms with van der Waals surface area (Å²) in [6, 6.07) is 19.1. The number of furan rings is 1. The predicted molar refractivity (Wildman–Crippen MR) is 129 cm³/mol. The molecule has 0 radical (unpaired) electrons. The predicted octanol–water partition coefficient (Wildman–Crippen LogP) is 4.15. The topological polar surface area (TPSA) is 91.7 Å². The lowest BCUT2D eigenvalue weighted by atomic mass is 10.0. The van der Waals surface area contributed by atoms with E-state index >= 15 is 0 Å². The Bertz CT molecular complexity index is 1120. The molecule has 1 atom stereocenters. The van der Waals surface area contributed by atoms with Gasteiger partial charge in [-0.05, 0) is 55.2 Å². The van der Waals surface area contributed by atoms with E-state index in [1.165, 1.54) is 17.2 Å². The van der Waals surface area contributed by atoms with Gasteiger partial charge in [0.05, 0.1) is 12.8 Å². The number of rotatable bonds is 8. The molecule has 1 heterocycles. The zero-order valence-electron chi connectivity index (χ0n) is 19.2. The number of benzene rings is 2. The van der Waals surface area contributed by atoms with Crippen molar-refractivity contribution in [2.75, 3.05) is 11.4 Å². The second-order valence-corrected chi connectivity index (χ2v) is 8.57. The van der Waals surface area contributed by atoms with Crippen molar-refractivity contribution in [1.29, 1.82) is 0 Å². The first kappa shape index (κ1) is 23.3. The van der Waals surface area contributed by atoms with Gasteiger partial charge in [-0.1, -0.05) is 55.3 Å². The average Bonchev–Trinajstić information content (AvgIpc) is 3.56. The van der Waals surface area contributed by atoms with E-state index in [0.29, 0.717) is 11.3 Å². The van der Waals surface area contributed by atoms with Crippen LogP contribution in [-0.4, -0.2) is 30.3 Å². The maximum absolute atomic E-state index is 13.6. The van der Waals surface area contributed by atoms with Gasteiger partial charge in [0.1, 0.15) is 6.04 Å². The summed E-state index contributed by atoms with van der Waals surface area (Å²) in [6.45, 7) is 1.65. The Morgan fingerprint density at radius 2 is 1.76 bits per heavy atom. The maximum Gasteiger partial charge on any atom is 0.287 e. The number of nitrogens with zero attached hydrogens (tertiary/aromatic N) is 1. The molecule has 7 nitrogen and oxygen atoms in total. The molecule has 1 unspecified atom stereocenters. The van der Waals surface area contributed by atoms with Crippen molar-refractivity contribution in [3.8, 4) is 0 Å². The van der Waals surface area contributed by atoms with Crippen LogP contribution in [0.3, 0.4) is 0 Å². The van der Waals surface area contributed by atoms with Crippen LogP contribution in [0.1, 0.15) is 53.4 Å². The summed E-state index contributed by atoms with van der Waals surface area (Å²) in [6.07, 6.45) is 5.44. The number of nitrogens with one attached hydrogen (secondary N) is 2. The minimum atomic E-state index is -0.878. The van der Waals surface area contributed by atoms with Gasteiger partial charge in [-0.2, -0.15) is 0 Å². The quantitative estimate of drug-likeness (QED) is 0.529. The van der Waals surface area contributed by atoms with Gasteiger partial charge in [0.25, 0.3) is 5.91 Å². The van der Waals surface area contributed by atoms with Crippen LogP contribution in [0.2, 0.25) is 0 Å². The SMILES string of the molecule is Cc1cccc(N(C(=O)CNC(=O)c2ccco2)C(C(=O)NC2CCCC2)c2ccccc2)c1. The molecule has 1 saturated carbocycles. The third-order valence-corrected chi connectivity index (χ3v) is 6.02. The molecule has 0 spiro atoms. The molecule has 4 rings (SSSR count). The van der Waals surface area contributed by atoms with Crippen LogP contribution in [0.4, 0.5) is 5.69 Å². The molecule has 2 aromatic carbocycles. The van der Waals surface area contributed by atoms with E-state index in [4.69, 9.17) is 4.42 Å². The number of aryl methyl sites for hydroxylation is 1. The van der Waals surface area contributed by atoms with Gasteiger partial charge in [0.15, 0.2) is 5.76 Å². The van der Waals surface area contributed by atoms with Crippen molar-refractivity contribution < 1.29 is 18.8 Å². The van der Waals surface area contributed by atoms with E-state index in [-0.39, 0.29) is 24.3 Å². The van der Waals surface area contributed by atoms with Crippen LogP contribution in [0, 0.1) is 6.92 Å². The zero-order chi connectivity index (χ0) is 23.9. The molecule has 34 heavy (non-hydrogen) atoms. The molecule has 7 heteroatoms. The lowest BCUT2D eigenvalue weighted by Gasteiger charge is -2.32. The van der Waals surface area contributed by atoms with Crippen LogP contribution < -0.4 is 15.5 Å². The fourth-order valence-corrected chi connectivity index (χ4v) is 4.35. The molecule has 1 aliphatic rings. The molecule has 1 aromatic heterocycles. The number of hydrogen-bond acceptors (Lipinski definition) is 4. The first-order valence-corrected chi connectivity index (χ1v) is 11.6. The number of hydrogen-bond donors (Lipinski definition) is 2. The van der Waals surface area contributed by atoms with E-state index in [9.17, 15) is 14.4 Å². The summed E-state index contributed by atoms with van der Waals surface area (Å²) in [5, 5.41) is 5.76. The molecule has 0 saturated heterocycles. The monoisotopic (exact) mass is 459 g/mol. The summed E-state index contributed by atoms with van der Waals surface area (Å²) < 4.78 is 5.12. The maximum atomic E-state index is 13.6. The molecule has 3 amide bonds. The van der Waals surface area contributed by atoms with E-state index in [0.717, 1.165) is 31.2 Å². The van der Waals surface area contributed by atoms with Crippen molar-refractivity contribution in [2.24, 2.45) is 0 Å². The van der Waals surface area contributed by atoms with E-state index in [1.807, 2.05) is 55.5 Å². The molecule has 1 fully saturated rings. The minimum Gasteiger partial charge on any atom is -0.459 e. The fourth-order valence-electron chi connectivity index (χ4n) is 4.35. The Morgan fingerprint density at radius 1 is 1.00 bits per heavy atom. The van der Waals surface area contributed by atoms with Gasteiger partial charge < -0.3 is 15.1 Å². The Hall–Kier alpha value is -3.87. The van der Waals surface area contributed by atoms with Gasteiger partial charge in [0, 0.05) is 11.7 Å². The molecular weight excluding hydrogens is 430 g/mol. The Labute approximate surface area is 199 Å². The molecule has 2 N–H and O–H groups in total. The Balaban J connectivity index is 1.66. The first-order chi connectivity index (χ1) is 16.5. The smallest absolute Gasteiger partial charge is 0.287 e. The second kappa shape index (κ2) is 10.8. The van der Waals surface area contributed by atoms with Gasteiger partial charge in [0.2, 0.25) is 11.8 Å². The molecule has 0 bridgehead atoms. The Morgan fingerprint density at radius 3 is 2.44 bits per heavy atom. The van der Waals surface area contributed by atoms with Gasteiger partial charge >= 0.3 is 0 Å². The van der Waals surface area contributed by atoms with Crippen molar-refractivity contribution in [3.63, 3.8) is 0 Å². The van der Waals surface area contributed by atoms with E-state index in [1.54, 1.807) is 12.1 Å². The summed E-state index contributed by atoms with van der Waals surface area (Å²) in [5.74, 6) is -1.01. The van der Waals surface area contributed by atoms with Crippen LogP contribution in [0.25, 0.3) is 0 Å². The van der Waals surface area contributed by atoms with Crippen LogP contribution >= 0.6 is 0 Å². The van der Waals surface area contributed by atoms with Crippen LogP contribution in [0.15, 0.2) is 77.4 Å². The third-order valence-electron chi connectivity index (χ3n) is 6.02. The summed E-state index contributed by atoms with van der Waals surface area (Å²) >= 11 is 0. The largest absolute Gasteiger partial charge is 0.459 e. The second-order valence-electron chi connectivity index (χ2n) is 8.57. The first-order valence-electron chi connectivity index (χ1n) is 11.6. The van der Waals surface area contributed by atoms with Crippen molar-refractivity contribution in [1.82, 2.24) is 10.6 Å². The van der Waals surface area contributed by atoms with Crippen molar-refractivity contribution >= 4 is 23.4 Å². The van der Waals surface area contributed by atoms with Gasteiger partial charge in [-0.15, -0.1) is 0 Å². The van der Waals surface area contributed by atoms with Crippen LogP contribution in [0.5, 0.6) is 0 Å². The third kappa shape index (κ3) is 5.54. The highest BCUT2D eigenvalue weighted by Crippen LogP contribution is 2.29. The standard InChI is InChI=1S/C27H29N3O4/c1-19-9-7-14-22(17-19)30(24(31)18-28-26(32)23-15-8-16-34-23)25(20-10-3-2-4-11-20)27(33)29-21-12-5-6-13-21/h2-4,7-11,14-17,21,25H,5-6,12-13,18H2,1H3,(H,28,32)(H,29,33). The molecule has 0 aliphatic heterocycles. The van der Waals surface area contributed by atoms with E-state index < -0.39 is 17.9 Å². The van der Waals surface area contributed by atoms with Gasteiger partial charge in [-0.3, -0.25) is 19.3 Å². The lowest BCUT2D eigenvalue weighted by Crippen LogP contribution is -2.49. The van der Waals surface area contributed by atoms with Crippen molar-refractivity contribution in [3.05, 3.63) is 89.9 Å². The highest BCUT2D eigenvalue weighted by molar-refractivity contribution is 6.04. The summed E-state index contributed by atoms with van der Waals surface area (Å²) in [4.78, 5) is 41.1. The lowest BCUT2D eigenvalue weighted by molar-refractivity contribution is -0.126. The number of anilines is 1. The normalized spacial score (nSPS) is 14.4. The highest BCUT2D eigenvalue weighted by atomic mass is 16.3. The number of carbonyl (C=O) groups is 3. The van der Waals surface area contributed by atoms with Gasteiger partial charge in [-0.25, -0.2) is 0 Å². The molecule has 176 valence electrons. The van der Waals surface area contributed by atoms with Crippen LogP contribution in [-0.2, 0) is 9.59 Å². The minimum absolute atomic E-state index is 0.104. The summed E-state index contributed by atoms with van der Waals surface area (Å²) in [5.41, 5.74) is 2.25. The van der Waals surface area contributed by atoms with E-state index in [2.05, 4.69) is 10.6 Å². The average molecular weight is 460 g/mol. The number of amides is 3. The van der Waals surface area contributed by atoms with Crippen molar-refractivity contribution in [2.45, 2.75) is 44.7 Å². The molecule has 1 aliphatic carbocycles. The summed E-state index contributed by atoms with van der Waals surface area (Å²) in [7, 11) is 0. The number of carbonyl (C=O) groups excluding carboxylic acids is 3. The zero-order valence-corrected chi connectivity index (χ0v) is 19.2. The Kier molecular flexibility index (Phi) is 7.42. The molecule has 3 aromatic rings. The highest BCUT2D eigenvalue weighted by Gasteiger charge is 2.34.